The average molecular weight is 601 g/mol. The van der Waals surface area contributed by atoms with Crippen LogP contribution in [0, 0.1) is 0 Å². The normalized spacial score (nSPS) is 11.4. The van der Waals surface area contributed by atoms with E-state index in [0.717, 1.165) is 33.3 Å². The SMILES string of the molecule is c1ccc(-c2ccc(-c3nc(-c4ccc(-c5ccc6ccccc6c5)cc4)nc(-n4c5ccccc5c5ccccc54)n3)cc2)cc1. The van der Waals surface area contributed by atoms with Gasteiger partial charge in [-0.05, 0) is 51.2 Å². The fourth-order valence-corrected chi connectivity index (χ4v) is 6.48. The first-order valence-electron chi connectivity index (χ1n) is 15.8. The summed E-state index contributed by atoms with van der Waals surface area (Å²) in [6.45, 7) is 0. The molecule has 9 rings (SSSR count). The van der Waals surface area contributed by atoms with Gasteiger partial charge in [0, 0.05) is 21.9 Å². The summed E-state index contributed by atoms with van der Waals surface area (Å²) in [6.07, 6.45) is 0. The van der Waals surface area contributed by atoms with E-state index in [9.17, 15) is 0 Å². The summed E-state index contributed by atoms with van der Waals surface area (Å²) in [5, 5.41) is 4.79. The zero-order valence-corrected chi connectivity index (χ0v) is 25.5. The predicted octanol–water partition coefficient (Wildman–Crippen LogP) is 10.8. The van der Waals surface area contributed by atoms with E-state index in [-0.39, 0.29) is 0 Å². The lowest BCUT2D eigenvalue weighted by molar-refractivity contribution is 0.953. The molecule has 220 valence electrons. The van der Waals surface area contributed by atoms with Crippen molar-refractivity contribution in [1.82, 2.24) is 19.5 Å². The molecular formula is C43H28N4. The quantitative estimate of drug-likeness (QED) is 0.197. The summed E-state index contributed by atoms with van der Waals surface area (Å²) >= 11 is 0. The summed E-state index contributed by atoms with van der Waals surface area (Å²) in [5.74, 6) is 1.85. The van der Waals surface area contributed by atoms with Crippen LogP contribution in [0.15, 0.2) is 170 Å². The minimum absolute atomic E-state index is 0.591. The van der Waals surface area contributed by atoms with Crippen molar-refractivity contribution in [1.29, 1.82) is 0 Å². The first kappa shape index (κ1) is 27.0. The molecule has 0 atom stereocenters. The van der Waals surface area contributed by atoms with Gasteiger partial charge in [0.25, 0.3) is 0 Å². The van der Waals surface area contributed by atoms with Gasteiger partial charge in [-0.3, -0.25) is 4.57 Å². The van der Waals surface area contributed by atoms with E-state index in [1.165, 1.54) is 32.7 Å². The Bertz CT molecular complexity index is 2500. The molecule has 0 aliphatic heterocycles. The minimum Gasteiger partial charge on any atom is -0.278 e. The molecular weight excluding hydrogens is 573 g/mol. The van der Waals surface area contributed by atoms with Crippen LogP contribution in [0.1, 0.15) is 0 Å². The summed E-state index contributed by atoms with van der Waals surface area (Å²) in [5.41, 5.74) is 8.63. The predicted molar refractivity (Wildman–Crippen MR) is 193 cm³/mol. The second-order valence-electron chi connectivity index (χ2n) is 11.7. The maximum absolute atomic E-state index is 5.12. The second-order valence-corrected chi connectivity index (χ2v) is 11.7. The maximum Gasteiger partial charge on any atom is 0.238 e. The number of rotatable bonds is 5. The van der Waals surface area contributed by atoms with Gasteiger partial charge >= 0.3 is 0 Å². The van der Waals surface area contributed by atoms with Crippen molar-refractivity contribution in [3.63, 3.8) is 0 Å². The van der Waals surface area contributed by atoms with Gasteiger partial charge in [0.1, 0.15) is 0 Å². The summed E-state index contributed by atoms with van der Waals surface area (Å²) in [6, 6.07) is 59.3. The summed E-state index contributed by atoms with van der Waals surface area (Å²) in [4.78, 5) is 15.3. The molecule has 0 N–H and O–H groups in total. The monoisotopic (exact) mass is 600 g/mol. The molecule has 9 aromatic rings. The van der Waals surface area contributed by atoms with Crippen LogP contribution in [-0.4, -0.2) is 19.5 Å². The Hall–Kier alpha value is -6.39. The third-order valence-corrected chi connectivity index (χ3v) is 8.88. The van der Waals surface area contributed by atoms with Crippen LogP contribution in [0.5, 0.6) is 0 Å². The van der Waals surface area contributed by atoms with E-state index in [0.29, 0.717) is 17.6 Å². The Balaban J connectivity index is 1.19. The number of fused-ring (bicyclic) bond motifs is 4. The number of hydrogen-bond donors (Lipinski definition) is 0. The molecule has 0 aliphatic rings. The Morgan fingerprint density at radius 3 is 1.38 bits per heavy atom. The van der Waals surface area contributed by atoms with Crippen LogP contribution in [0.3, 0.4) is 0 Å². The highest BCUT2D eigenvalue weighted by atomic mass is 15.2. The lowest BCUT2D eigenvalue weighted by atomic mass is 10.00. The Labute approximate surface area is 272 Å². The van der Waals surface area contributed by atoms with E-state index in [1.54, 1.807) is 0 Å². The van der Waals surface area contributed by atoms with Gasteiger partial charge in [-0.15, -0.1) is 0 Å². The molecule has 0 saturated carbocycles. The molecule has 0 amide bonds. The number of para-hydroxylation sites is 2. The van der Waals surface area contributed by atoms with Crippen LogP contribution < -0.4 is 0 Å². The molecule has 4 nitrogen and oxygen atoms in total. The molecule has 0 radical (unpaired) electrons. The van der Waals surface area contributed by atoms with Crippen molar-refractivity contribution in [2.45, 2.75) is 0 Å². The zero-order valence-electron chi connectivity index (χ0n) is 25.5. The topological polar surface area (TPSA) is 43.6 Å². The molecule has 4 heteroatoms. The van der Waals surface area contributed by atoms with E-state index in [2.05, 4.69) is 168 Å². The molecule has 2 aromatic heterocycles. The van der Waals surface area contributed by atoms with E-state index in [1.807, 2.05) is 6.07 Å². The van der Waals surface area contributed by atoms with E-state index < -0.39 is 0 Å². The highest BCUT2D eigenvalue weighted by Gasteiger charge is 2.17. The van der Waals surface area contributed by atoms with Crippen molar-refractivity contribution in [2.24, 2.45) is 0 Å². The third kappa shape index (κ3) is 4.84. The third-order valence-electron chi connectivity index (χ3n) is 8.88. The van der Waals surface area contributed by atoms with Crippen LogP contribution in [-0.2, 0) is 0 Å². The fraction of sp³-hybridized carbons (Fsp3) is 0. The second kappa shape index (κ2) is 11.2. The summed E-state index contributed by atoms with van der Waals surface area (Å²) in [7, 11) is 0. The van der Waals surface area contributed by atoms with E-state index in [4.69, 9.17) is 15.0 Å². The first-order valence-corrected chi connectivity index (χ1v) is 15.8. The molecule has 0 spiro atoms. The Morgan fingerprint density at radius 1 is 0.319 bits per heavy atom. The molecule has 0 fully saturated rings. The molecule has 0 unspecified atom stereocenters. The molecule has 7 aromatic carbocycles. The van der Waals surface area contributed by atoms with Crippen molar-refractivity contribution in [2.75, 3.05) is 0 Å². The van der Waals surface area contributed by atoms with Gasteiger partial charge in [0.15, 0.2) is 11.6 Å². The molecule has 0 saturated heterocycles. The number of benzene rings is 7. The van der Waals surface area contributed by atoms with Crippen molar-refractivity contribution >= 4 is 32.6 Å². The highest BCUT2D eigenvalue weighted by Crippen LogP contribution is 2.33. The molecule has 47 heavy (non-hydrogen) atoms. The lowest BCUT2D eigenvalue weighted by Gasteiger charge is -2.12. The van der Waals surface area contributed by atoms with Crippen LogP contribution >= 0.6 is 0 Å². The van der Waals surface area contributed by atoms with Crippen molar-refractivity contribution in [3.8, 4) is 51.0 Å². The van der Waals surface area contributed by atoms with Crippen LogP contribution in [0.2, 0.25) is 0 Å². The Morgan fingerprint density at radius 2 is 0.766 bits per heavy atom. The van der Waals surface area contributed by atoms with E-state index >= 15 is 0 Å². The molecule has 0 bridgehead atoms. The largest absolute Gasteiger partial charge is 0.278 e. The molecule has 0 aliphatic carbocycles. The first-order chi connectivity index (χ1) is 23.3. The number of aromatic nitrogens is 4. The van der Waals surface area contributed by atoms with Gasteiger partial charge < -0.3 is 0 Å². The number of nitrogens with zero attached hydrogens (tertiary/aromatic N) is 4. The smallest absolute Gasteiger partial charge is 0.238 e. The van der Waals surface area contributed by atoms with Gasteiger partial charge in [-0.25, -0.2) is 4.98 Å². The summed E-state index contributed by atoms with van der Waals surface area (Å²) < 4.78 is 2.15. The standard InChI is InChI=1S/C43H28N4/c1-2-10-29(11-3-1)31-18-23-33(24-19-31)41-44-42(34-25-20-32(21-26-34)36-27-22-30-12-4-5-13-35(30)28-36)46-43(45-41)47-39-16-8-6-14-37(39)38-15-7-9-17-40(38)47/h1-28H. The lowest BCUT2D eigenvalue weighted by Crippen LogP contribution is -2.06. The van der Waals surface area contributed by atoms with Crippen molar-refractivity contribution in [3.05, 3.63) is 170 Å². The van der Waals surface area contributed by atoms with Gasteiger partial charge in [-0.1, -0.05) is 152 Å². The zero-order chi connectivity index (χ0) is 31.2. The van der Waals surface area contributed by atoms with Gasteiger partial charge in [0.05, 0.1) is 11.0 Å². The fourth-order valence-electron chi connectivity index (χ4n) is 6.48. The van der Waals surface area contributed by atoms with Gasteiger partial charge in [0.2, 0.25) is 5.95 Å². The minimum atomic E-state index is 0.591. The molecule has 2 heterocycles. The Kier molecular flexibility index (Phi) is 6.43. The van der Waals surface area contributed by atoms with Crippen LogP contribution in [0.25, 0.3) is 83.6 Å². The number of hydrogen-bond acceptors (Lipinski definition) is 3. The van der Waals surface area contributed by atoms with Crippen LogP contribution in [0.4, 0.5) is 0 Å². The highest BCUT2D eigenvalue weighted by molar-refractivity contribution is 6.09. The van der Waals surface area contributed by atoms with Gasteiger partial charge in [-0.2, -0.15) is 9.97 Å². The van der Waals surface area contributed by atoms with Crippen molar-refractivity contribution < 1.29 is 0 Å². The maximum atomic E-state index is 5.12. The average Bonchev–Trinajstić information content (AvgIpc) is 3.49.